The highest BCUT2D eigenvalue weighted by atomic mass is 32.2. The summed E-state index contributed by atoms with van der Waals surface area (Å²) >= 11 is 1.78. The van der Waals surface area contributed by atoms with Crippen LogP contribution in [0.4, 0.5) is 0 Å². The largest absolute Gasteiger partial charge is 0.289 e. The van der Waals surface area contributed by atoms with Crippen molar-refractivity contribution in [2.45, 2.75) is 12.8 Å². The first-order valence-electron chi connectivity index (χ1n) is 4.35. The van der Waals surface area contributed by atoms with Crippen LogP contribution >= 0.6 is 19.2 Å². The SMILES string of the molecule is CSCCNP1(=O)CCCCN1. The van der Waals surface area contributed by atoms with Gasteiger partial charge in [0.25, 0.3) is 0 Å². The van der Waals surface area contributed by atoms with E-state index in [-0.39, 0.29) is 0 Å². The van der Waals surface area contributed by atoms with Gasteiger partial charge in [-0.05, 0) is 19.1 Å². The van der Waals surface area contributed by atoms with Crippen molar-refractivity contribution in [1.29, 1.82) is 0 Å². The van der Waals surface area contributed by atoms with Crippen molar-refractivity contribution in [2.75, 3.05) is 31.3 Å². The summed E-state index contributed by atoms with van der Waals surface area (Å²) in [5, 5.41) is 6.21. The average Bonchev–Trinajstić information content (AvgIpc) is 2.06. The fourth-order valence-electron chi connectivity index (χ4n) is 1.26. The zero-order chi connectivity index (χ0) is 8.86. The zero-order valence-corrected chi connectivity index (χ0v) is 9.22. The van der Waals surface area contributed by atoms with Crippen LogP contribution in [-0.4, -0.2) is 31.3 Å². The molecule has 12 heavy (non-hydrogen) atoms. The molecule has 5 heteroatoms. The molecular weight excluding hydrogens is 191 g/mol. The van der Waals surface area contributed by atoms with Crippen LogP contribution in [0.15, 0.2) is 0 Å². The Bertz CT molecular complexity index is 167. The van der Waals surface area contributed by atoms with E-state index in [4.69, 9.17) is 0 Å². The van der Waals surface area contributed by atoms with Crippen LogP contribution in [0.1, 0.15) is 12.8 Å². The topological polar surface area (TPSA) is 41.1 Å². The van der Waals surface area contributed by atoms with Gasteiger partial charge in [0.05, 0.1) is 0 Å². The van der Waals surface area contributed by atoms with Gasteiger partial charge in [-0.2, -0.15) is 11.8 Å². The van der Waals surface area contributed by atoms with Gasteiger partial charge in [-0.15, -0.1) is 0 Å². The van der Waals surface area contributed by atoms with Crippen molar-refractivity contribution in [3.8, 4) is 0 Å². The molecule has 1 saturated heterocycles. The first kappa shape index (κ1) is 10.6. The molecule has 0 radical (unpaired) electrons. The van der Waals surface area contributed by atoms with E-state index in [1.165, 1.54) is 0 Å². The van der Waals surface area contributed by atoms with Gasteiger partial charge in [0.2, 0.25) is 7.44 Å². The molecule has 0 aliphatic carbocycles. The highest BCUT2D eigenvalue weighted by molar-refractivity contribution is 7.98. The lowest BCUT2D eigenvalue weighted by molar-refractivity contribution is 0.537. The minimum absolute atomic E-state index is 0.821. The average molecular weight is 208 g/mol. The normalized spacial score (nSPS) is 30.4. The highest BCUT2D eigenvalue weighted by Crippen LogP contribution is 2.39. The van der Waals surface area contributed by atoms with E-state index in [1.54, 1.807) is 11.8 Å². The molecule has 0 aromatic carbocycles. The third kappa shape index (κ3) is 3.48. The van der Waals surface area contributed by atoms with Crippen molar-refractivity contribution in [3.05, 3.63) is 0 Å². The minimum Gasteiger partial charge on any atom is -0.289 e. The van der Waals surface area contributed by atoms with Crippen LogP contribution in [0, 0.1) is 0 Å². The molecule has 0 aromatic rings. The van der Waals surface area contributed by atoms with Crippen molar-refractivity contribution >= 4 is 19.2 Å². The maximum Gasteiger partial charge on any atom is 0.211 e. The monoisotopic (exact) mass is 208 g/mol. The van der Waals surface area contributed by atoms with E-state index in [9.17, 15) is 4.57 Å². The Balaban J connectivity index is 2.22. The first-order valence-corrected chi connectivity index (χ1v) is 7.64. The van der Waals surface area contributed by atoms with Gasteiger partial charge in [0.15, 0.2) is 0 Å². The van der Waals surface area contributed by atoms with Gasteiger partial charge >= 0.3 is 0 Å². The molecule has 1 rings (SSSR count). The summed E-state index contributed by atoms with van der Waals surface area (Å²) in [4.78, 5) is 0. The third-order valence-corrected chi connectivity index (χ3v) is 4.97. The summed E-state index contributed by atoms with van der Waals surface area (Å²) in [6, 6.07) is 0. The molecule has 0 aromatic heterocycles. The molecule has 1 aliphatic rings. The number of thioether (sulfide) groups is 1. The summed E-state index contributed by atoms with van der Waals surface area (Å²) in [5.41, 5.74) is 0. The molecule has 0 amide bonds. The van der Waals surface area contributed by atoms with E-state index in [2.05, 4.69) is 16.4 Å². The molecule has 1 heterocycles. The Morgan fingerprint density at radius 3 is 3.00 bits per heavy atom. The van der Waals surface area contributed by atoms with Crippen molar-refractivity contribution in [1.82, 2.24) is 10.2 Å². The first-order chi connectivity index (χ1) is 5.77. The van der Waals surface area contributed by atoms with Gasteiger partial charge in [-0.25, -0.2) is 0 Å². The molecular formula is C7H17N2OPS. The van der Waals surface area contributed by atoms with E-state index in [0.717, 1.165) is 37.8 Å². The van der Waals surface area contributed by atoms with Crippen LogP contribution in [-0.2, 0) is 4.57 Å². The quantitative estimate of drug-likeness (QED) is 0.543. The van der Waals surface area contributed by atoms with Gasteiger partial charge in [0.1, 0.15) is 0 Å². The van der Waals surface area contributed by atoms with Gasteiger partial charge in [0, 0.05) is 25.0 Å². The predicted molar refractivity (Wildman–Crippen MR) is 56.1 cm³/mol. The second-order valence-corrected chi connectivity index (χ2v) is 6.52. The molecule has 1 atom stereocenters. The smallest absolute Gasteiger partial charge is 0.211 e. The third-order valence-electron chi connectivity index (χ3n) is 1.94. The second kappa shape index (κ2) is 5.28. The van der Waals surface area contributed by atoms with Crippen LogP contribution in [0.25, 0.3) is 0 Å². The standard InChI is InChI=1S/C7H17N2OPS/c1-12-7-5-9-11(10)6-3-2-4-8-11/h2-7H2,1H3,(H2,8,9,10). The Hall–Kier alpha value is 0.500. The maximum atomic E-state index is 11.9. The highest BCUT2D eigenvalue weighted by Gasteiger charge is 2.22. The van der Waals surface area contributed by atoms with E-state index in [0.29, 0.717) is 0 Å². The minimum atomic E-state index is -2.16. The number of rotatable bonds is 4. The lowest BCUT2D eigenvalue weighted by Gasteiger charge is -2.24. The van der Waals surface area contributed by atoms with Crippen LogP contribution < -0.4 is 10.2 Å². The Labute approximate surface area is 78.5 Å². The fraction of sp³-hybridized carbons (Fsp3) is 1.00. The van der Waals surface area contributed by atoms with Crippen molar-refractivity contribution in [2.24, 2.45) is 0 Å². The van der Waals surface area contributed by atoms with Gasteiger partial charge in [-0.1, -0.05) is 0 Å². The molecule has 3 nitrogen and oxygen atoms in total. The molecule has 72 valence electrons. The van der Waals surface area contributed by atoms with Crippen molar-refractivity contribution in [3.63, 3.8) is 0 Å². The number of nitrogens with one attached hydrogen (secondary N) is 2. The maximum absolute atomic E-state index is 11.9. The summed E-state index contributed by atoms with van der Waals surface area (Å²) in [7, 11) is -2.16. The summed E-state index contributed by atoms with van der Waals surface area (Å²) < 4.78 is 11.9. The summed E-state index contributed by atoms with van der Waals surface area (Å²) in [5.74, 6) is 1.03. The predicted octanol–water partition coefficient (Wildman–Crippen LogP) is 1.52. The molecule has 1 aliphatic heterocycles. The lowest BCUT2D eigenvalue weighted by atomic mass is 10.3. The molecule has 0 saturated carbocycles. The summed E-state index contributed by atoms with van der Waals surface area (Å²) in [6.45, 7) is 1.76. The Kier molecular flexibility index (Phi) is 4.65. The van der Waals surface area contributed by atoms with Gasteiger partial charge in [-0.3, -0.25) is 14.7 Å². The number of hydrogen-bond acceptors (Lipinski definition) is 2. The van der Waals surface area contributed by atoms with E-state index >= 15 is 0 Å². The second-order valence-electron chi connectivity index (χ2n) is 2.98. The van der Waals surface area contributed by atoms with E-state index in [1.807, 2.05) is 0 Å². The van der Waals surface area contributed by atoms with Gasteiger partial charge < -0.3 is 0 Å². The fourth-order valence-corrected chi connectivity index (χ4v) is 3.81. The summed E-state index contributed by atoms with van der Waals surface area (Å²) in [6.07, 6.45) is 5.14. The Morgan fingerprint density at radius 2 is 2.42 bits per heavy atom. The lowest BCUT2D eigenvalue weighted by Crippen LogP contribution is -2.30. The molecule has 0 spiro atoms. The molecule has 2 N–H and O–H groups in total. The molecule has 1 unspecified atom stereocenters. The molecule has 0 bridgehead atoms. The zero-order valence-electron chi connectivity index (χ0n) is 7.51. The molecule has 1 fully saturated rings. The van der Waals surface area contributed by atoms with Crippen LogP contribution in [0.2, 0.25) is 0 Å². The van der Waals surface area contributed by atoms with Crippen LogP contribution in [0.5, 0.6) is 0 Å². The van der Waals surface area contributed by atoms with E-state index < -0.39 is 7.44 Å². The number of hydrogen-bond donors (Lipinski definition) is 2. The van der Waals surface area contributed by atoms with Crippen molar-refractivity contribution < 1.29 is 4.57 Å². The Morgan fingerprint density at radius 1 is 1.58 bits per heavy atom. The van der Waals surface area contributed by atoms with Crippen LogP contribution in [0.3, 0.4) is 0 Å².